The molecule has 0 aliphatic heterocycles. The molecule has 1 aromatic heterocycles. The van der Waals surface area contributed by atoms with E-state index in [0.717, 1.165) is 5.82 Å². The summed E-state index contributed by atoms with van der Waals surface area (Å²) < 4.78 is 0. The van der Waals surface area contributed by atoms with Gasteiger partial charge in [-0.05, 0) is 13.8 Å². The van der Waals surface area contributed by atoms with Gasteiger partial charge in [0.05, 0.1) is 12.6 Å². The van der Waals surface area contributed by atoms with E-state index < -0.39 is 6.04 Å². The van der Waals surface area contributed by atoms with Crippen LogP contribution in [0.3, 0.4) is 0 Å². The summed E-state index contributed by atoms with van der Waals surface area (Å²) in [5.41, 5.74) is 5.46. The number of aryl methyl sites for hydroxylation is 1. The highest BCUT2D eigenvalue weighted by Gasteiger charge is 2.14. The minimum Gasteiger partial charge on any atom is -0.337 e. The third-order valence-electron chi connectivity index (χ3n) is 1.79. The lowest BCUT2D eigenvalue weighted by atomic mass is 10.3. The van der Waals surface area contributed by atoms with Crippen molar-refractivity contribution in [2.24, 2.45) is 5.73 Å². The van der Waals surface area contributed by atoms with Gasteiger partial charge in [-0.25, -0.2) is 4.98 Å². The first-order valence-corrected chi connectivity index (χ1v) is 4.39. The minimum absolute atomic E-state index is 0.118. The summed E-state index contributed by atoms with van der Waals surface area (Å²) in [6, 6.07) is -0.486. The van der Waals surface area contributed by atoms with Crippen molar-refractivity contribution in [1.29, 1.82) is 0 Å². The van der Waals surface area contributed by atoms with Crippen LogP contribution in [0.25, 0.3) is 0 Å². The Kier molecular flexibility index (Phi) is 3.19. The molecule has 0 saturated heterocycles. The highest BCUT2D eigenvalue weighted by atomic mass is 16.2. The lowest BCUT2D eigenvalue weighted by Gasteiger charge is -2.17. The number of hydrogen-bond acceptors (Lipinski definition) is 4. The maximum atomic E-state index is 11.4. The average Bonchev–Trinajstić information content (AvgIpc) is 2.49. The van der Waals surface area contributed by atoms with Crippen molar-refractivity contribution in [3.63, 3.8) is 0 Å². The number of aromatic nitrogens is 3. The van der Waals surface area contributed by atoms with E-state index in [1.807, 2.05) is 6.92 Å². The fourth-order valence-electron chi connectivity index (χ4n) is 1.10. The van der Waals surface area contributed by atoms with Gasteiger partial charge in [-0.3, -0.25) is 9.89 Å². The lowest BCUT2D eigenvalue weighted by molar-refractivity contribution is -0.131. The summed E-state index contributed by atoms with van der Waals surface area (Å²) in [7, 11) is 1.68. The Balaban J connectivity index is 2.57. The Morgan fingerprint density at radius 1 is 1.71 bits per heavy atom. The molecule has 3 N–H and O–H groups in total. The second kappa shape index (κ2) is 4.19. The minimum atomic E-state index is -0.486. The quantitative estimate of drug-likeness (QED) is 0.678. The predicted octanol–water partition coefficient (Wildman–Crippen LogP) is -0.581. The Bertz CT molecular complexity index is 319. The maximum absolute atomic E-state index is 11.4. The number of nitrogens with zero attached hydrogens (tertiary/aromatic N) is 3. The van der Waals surface area contributed by atoms with E-state index in [1.54, 1.807) is 14.0 Å². The SMILES string of the molecule is Cc1nc(CN(C)C(=O)[C@H](C)N)n[nH]1. The summed E-state index contributed by atoms with van der Waals surface area (Å²) in [4.78, 5) is 17.0. The second-order valence-electron chi connectivity index (χ2n) is 3.32. The zero-order valence-electron chi connectivity index (χ0n) is 8.61. The van der Waals surface area contributed by atoms with E-state index >= 15 is 0 Å². The van der Waals surface area contributed by atoms with Gasteiger partial charge in [0.2, 0.25) is 5.91 Å². The van der Waals surface area contributed by atoms with Crippen LogP contribution in [-0.2, 0) is 11.3 Å². The highest BCUT2D eigenvalue weighted by Crippen LogP contribution is 1.98. The smallest absolute Gasteiger partial charge is 0.239 e. The summed E-state index contributed by atoms with van der Waals surface area (Å²) in [5, 5.41) is 6.64. The van der Waals surface area contributed by atoms with E-state index in [4.69, 9.17) is 5.73 Å². The van der Waals surface area contributed by atoms with Crippen molar-refractivity contribution in [2.45, 2.75) is 26.4 Å². The van der Waals surface area contributed by atoms with E-state index in [0.29, 0.717) is 12.4 Å². The van der Waals surface area contributed by atoms with E-state index in [1.165, 1.54) is 4.90 Å². The molecule has 1 amide bonds. The molecule has 0 saturated carbocycles. The number of H-pyrrole nitrogens is 1. The molecule has 1 rings (SSSR count). The molecular weight excluding hydrogens is 182 g/mol. The molecule has 78 valence electrons. The third kappa shape index (κ3) is 2.53. The summed E-state index contributed by atoms with van der Waals surface area (Å²) >= 11 is 0. The average molecular weight is 197 g/mol. The van der Waals surface area contributed by atoms with Crippen molar-refractivity contribution in [2.75, 3.05) is 7.05 Å². The first kappa shape index (κ1) is 10.6. The Labute approximate surface area is 82.5 Å². The number of carbonyl (C=O) groups excluding carboxylic acids is 1. The number of nitrogens with two attached hydrogens (primary N) is 1. The fraction of sp³-hybridized carbons (Fsp3) is 0.625. The van der Waals surface area contributed by atoms with Gasteiger partial charge >= 0.3 is 0 Å². The van der Waals surface area contributed by atoms with Crippen LogP contribution in [0.15, 0.2) is 0 Å². The van der Waals surface area contributed by atoms with Crippen molar-refractivity contribution < 1.29 is 4.79 Å². The molecule has 1 atom stereocenters. The molecule has 6 nitrogen and oxygen atoms in total. The first-order valence-electron chi connectivity index (χ1n) is 4.39. The molecule has 0 bridgehead atoms. The predicted molar refractivity (Wildman–Crippen MR) is 51.2 cm³/mol. The maximum Gasteiger partial charge on any atom is 0.239 e. The number of carbonyl (C=O) groups is 1. The van der Waals surface area contributed by atoms with E-state index in [9.17, 15) is 4.79 Å². The van der Waals surface area contributed by atoms with Crippen LogP contribution in [0, 0.1) is 6.92 Å². The second-order valence-corrected chi connectivity index (χ2v) is 3.32. The number of hydrogen-bond donors (Lipinski definition) is 2. The van der Waals surface area contributed by atoms with Crippen molar-refractivity contribution >= 4 is 5.91 Å². The first-order chi connectivity index (χ1) is 6.50. The fourth-order valence-corrected chi connectivity index (χ4v) is 1.10. The monoisotopic (exact) mass is 197 g/mol. The topological polar surface area (TPSA) is 87.9 Å². The largest absolute Gasteiger partial charge is 0.337 e. The molecular formula is C8H15N5O. The molecule has 6 heteroatoms. The van der Waals surface area contributed by atoms with Crippen LogP contribution in [0.4, 0.5) is 0 Å². The molecule has 0 unspecified atom stereocenters. The Hall–Kier alpha value is -1.43. The van der Waals surface area contributed by atoms with Crippen LogP contribution in [0.1, 0.15) is 18.6 Å². The molecule has 0 fully saturated rings. The summed E-state index contributed by atoms with van der Waals surface area (Å²) in [6.45, 7) is 3.84. The standard InChI is InChI=1S/C8H15N5O/c1-5(9)8(14)13(3)4-7-10-6(2)11-12-7/h5H,4,9H2,1-3H3,(H,10,11,12)/t5-/m0/s1. The Morgan fingerprint density at radius 3 is 2.79 bits per heavy atom. The van der Waals surface area contributed by atoms with Crippen LogP contribution in [0.2, 0.25) is 0 Å². The molecule has 0 aromatic carbocycles. The number of amides is 1. The molecule has 0 radical (unpaired) electrons. The van der Waals surface area contributed by atoms with Gasteiger partial charge in [0.1, 0.15) is 5.82 Å². The van der Waals surface area contributed by atoms with Crippen LogP contribution in [0.5, 0.6) is 0 Å². The lowest BCUT2D eigenvalue weighted by Crippen LogP contribution is -2.39. The van der Waals surface area contributed by atoms with Crippen molar-refractivity contribution in [3.05, 3.63) is 11.6 Å². The van der Waals surface area contributed by atoms with Gasteiger partial charge in [-0.1, -0.05) is 0 Å². The third-order valence-corrected chi connectivity index (χ3v) is 1.79. The molecule has 0 aliphatic rings. The Morgan fingerprint density at radius 2 is 2.36 bits per heavy atom. The molecule has 14 heavy (non-hydrogen) atoms. The van der Waals surface area contributed by atoms with Crippen LogP contribution in [-0.4, -0.2) is 39.1 Å². The summed E-state index contributed by atoms with van der Waals surface area (Å²) in [5.74, 6) is 1.22. The molecule has 1 heterocycles. The van der Waals surface area contributed by atoms with E-state index in [-0.39, 0.29) is 5.91 Å². The van der Waals surface area contributed by atoms with Gasteiger partial charge < -0.3 is 10.6 Å². The summed E-state index contributed by atoms with van der Waals surface area (Å²) in [6.07, 6.45) is 0. The van der Waals surface area contributed by atoms with Gasteiger partial charge in [0, 0.05) is 7.05 Å². The van der Waals surface area contributed by atoms with Crippen molar-refractivity contribution in [3.8, 4) is 0 Å². The van der Waals surface area contributed by atoms with Gasteiger partial charge in [-0.15, -0.1) is 0 Å². The number of rotatable bonds is 3. The van der Waals surface area contributed by atoms with Crippen LogP contribution < -0.4 is 5.73 Å². The van der Waals surface area contributed by atoms with Gasteiger partial charge in [0.25, 0.3) is 0 Å². The van der Waals surface area contributed by atoms with E-state index in [2.05, 4.69) is 15.2 Å². The number of nitrogens with one attached hydrogen (secondary N) is 1. The molecule has 1 aromatic rings. The normalized spacial score (nSPS) is 12.6. The van der Waals surface area contributed by atoms with Crippen molar-refractivity contribution in [1.82, 2.24) is 20.1 Å². The van der Waals surface area contributed by atoms with Crippen LogP contribution >= 0.6 is 0 Å². The highest BCUT2D eigenvalue weighted by molar-refractivity contribution is 5.80. The van der Waals surface area contributed by atoms with Gasteiger partial charge in [-0.2, -0.15) is 5.10 Å². The molecule has 0 aliphatic carbocycles. The zero-order valence-corrected chi connectivity index (χ0v) is 8.61. The zero-order chi connectivity index (χ0) is 10.7. The molecule has 0 spiro atoms. The van der Waals surface area contributed by atoms with Gasteiger partial charge in [0.15, 0.2) is 5.82 Å². The number of likely N-dealkylation sites (N-methyl/N-ethyl adjacent to an activating group) is 1. The number of aromatic amines is 1.